The molecule has 4 heteroatoms. The Balaban J connectivity index is 2.98. The lowest BCUT2D eigenvalue weighted by Crippen LogP contribution is -1.86. The highest BCUT2D eigenvalue weighted by Gasteiger charge is 2.06. The second kappa shape index (κ2) is 2.64. The molecule has 0 saturated carbocycles. The van der Waals surface area contributed by atoms with Crippen LogP contribution in [0.4, 0.5) is 0 Å². The van der Waals surface area contributed by atoms with Crippen molar-refractivity contribution in [3.05, 3.63) is 28.6 Å². The van der Waals surface area contributed by atoms with Crippen LogP contribution in [0.5, 0.6) is 0 Å². The van der Waals surface area contributed by atoms with Gasteiger partial charge in [-0.05, 0) is 6.07 Å². The van der Waals surface area contributed by atoms with Crippen LogP contribution in [-0.2, 0) is 7.05 Å². The van der Waals surface area contributed by atoms with Crippen molar-refractivity contribution >= 4 is 34.1 Å². The van der Waals surface area contributed by atoms with E-state index in [-0.39, 0.29) is 0 Å². The smallest absolute Gasteiger partial charge is 0.153 e. The maximum Gasteiger partial charge on any atom is 0.153 e. The fourth-order valence-corrected chi connectivity index (χ4v) is 1.71. The van der Waals surface area contributed by atoms with Gasteiger partial charge in [-0.1, -0.05) is 23.2 Å². The fourth-order valence-electron chi connectivity index (χ4n) is 1.22. The van der Waals surface area contributed by atoms with Gasteiger partial charge in [-0.25, -0.2) is 4.98 Å². The van der Waals surface area contributed by atoms with Crippen molar-refractivity contribution in [2.45, 2.75) is 0 Å². The molecule has 0 N–H and O–H groups in total. The summed E-state index contributed by atoms with van der Waals surface area (Å²) in [7, 11) is 1.91. The topological polar surface area (TPSA) is 17.8 Å². The Morgan fingerprint density at radius 2 is 2.17 bits per heavy atom. The molecule has 0 spiro atoms. The summed E-state index contributed by atoms with van der Waals surface area (Å²) in [5.41, 5.74) is 0.879. The second-order valence-electron chi connectivity index (χ2n) is 2.59. The van der Waals surface area contributed by atoms with Crippen LogP contribution in [0.15, 0.2) is 18.5 Å². The summed E-state index contributed by atoms with van der Waals surface area (Å²) in [6, 6.07) is 1.92. The molecule has 0 unspecified atom stereocenters. The Labute approximate surface area is 79.7 Å². The maximum atomic E-state index is 5.91. The van der Waals surface area contributed by atoms with Crippen LogP contribution < -0.4 is 0 Å². The standard InChI is InChI=1S/C8H6Cl2N2/c1-12-3-2-5-6(9)4-11-8(10)7(5)12/h2-4H,1H3. The number of pyridine rings is 1. The molecule has 0 bridgehead atoms. The molecule has 62 valence electrons. The van der Waals surface area contributed by atoms with Gasteiger partial charge >= 0.3 is 0 Å². The Hall–Kier alpha value is -0.730. The highest BCUT2D eigenvalue weighted by Crippen LogP contribution is 2.27. The lowest BCUT2D eigenvalue weighted by atomic mass is 10.3. The van der Waals surface area contributed by atoms with Crippen molar-refractivity contribution in [1.82, 2.24) is 9.55 Å². The normalized spacial score (nSPS) is 10.9. The fraction of sp³-hybridized carbons (Fsp3) is 0.125. The molecular formula is C8H6Cl2N2. The van der Waals surface area contributed by atoms with Crippen molar-refractivity contribution in [1.29, 1.82) is 0 Å². The van der Waals surface area contributed by atoms with Crippen molar-refractivity contribution in [3.8, 4) is 0 Å². The van der Waals surface area contributed by atoms with E-state index in [0.29, 0.717) is 10.2 Å². The van der Waals surface area contributed by atoms with E-state index in [9.17, 15) is 0 Å². The number of hydrogen-bond donors (Lipinski definition) is 0. The summed E-state index contributed by atoms with van der Waals surface area (Å²) in [5.74, 6) is 0. The first kappa shape index (κ1) is 7.90. The summed E-state index contributed by atoms with van der Waals surface area (Å²) >= 11 is 11.8. The van der Waals surface area contributed by atoms with Crippen molar-refractivity contribution < 1.29 is 0 Å². The molecule has 0 aliphatic rings. The van der Waals surface area contributed by atoms with Crippen molar-refractivity contribution in [3.63, 3.8) is 0 Å². The maximum absolute atomic E-state index is 5.91. The SMILES string of the molecule is Cn1ccc2c(Cl)cnc(Cl)c21. The van der Waals surface area contributed by atoms with Crippen LogP contribution in [0, 0.1) is 0 Å². The number of nitrogens with zero attached hydrogens (tertiary/aromatic N) is 2. The highest BCUT2D eigenvalue weighted by atomic mass is 35.5. The van der Waals surface area contributed by atoms with Crippen molar-refractivity contribution in [2.75, 3.05) is 0 Å². The second-order valence-corrected chi connectivity index (χ2v) is 3.35. The largest absolute Gasteiger partial charge is 0.348 e. The molecule has 2 heterocycles. The zero-order valence-corrected chi connectivity index (χ0v) is 7.89. The number of hydrogen-bond acceptors (Lipinski definition) is 1. The van der Waals surface area contributed by atoms with E-state index in [1.165, 1.54) is 0 Å². The van der Waals surface area contributed by atoms with Gasteiger partial charge in [0.2, 0.25) is 0 Å². The number of fused-ring (bicyclic) bond motifs is 1. The number of halogens is 2. The minimum atomic E-state index is 0.488. The molecule has 0 atom stereocenters. The van der Waals surface area contributed by atoms with E-state index in [0.717, 1.165) is 10.9 Å². The third-order valence-electron chi connectivity index (χ3n) is 1.82. The highest BCUT2D eigenvalue weighted by molar-refractivity contribution is 6.38. The quantitative estimate of drug-likeness (QED) is 0.599. The molecule has 2 rings (SSSR count). The molecule has 0 aromatic carbocycles. The van der Waals surface area contributed by atoms with Crippen LogP contribution in [0.2, 0.25) is 10.2 Å². The number of rotatable bonds is 0. The third kappa shape index (κ3) is 0.993. The molecule has 2 aromatic rings. The molecule has 2 nitrogen and oxygen atoms in total. The van der Waals surface area contributed by atoms with E-state index in [2.05, 4.69) is 4.98 Å². The number of aromatic nitrogens is 2. The predicted molar refractivity (Wildman–Crippen MR) is 50.7 cm³/mol. The van der Waals surface area contributed by atoms with Gasteiger partial charge in [0.05, 0.1) is 10.5 Å². The zero-order valence-electron chi connectivity index (χ0n) is 6.38. The number of aryl methyl sites for hydroxylation is 1. The van der Waals surface area contributed by atoms with E-state index >= 15 is 0 Å². The van der Waals surface area contributed by atoms with Gasteiger partial charge in [-0.2, -0.15) is 0 Å². The Morgan fingerprint density at radius 3 is 2.83 bits per heavy atom. The van der Waals surface area contributed by atoms with Gasteiger partial charge in [-0.15, -0.1) is 0 Å². The van der Waals surface area contributed by atoms with Crippen LogP contribution in [0.25, 0.3) is 10.9 Å². The van der Waals surface area contributed by atoms with Gasteiger partial charge in [-0.3, -0.25) is 0 Å². The Kier molecular flexibility index (Phi) is 1.74. The van der Waals surface area contributed by atoms with Gasteiger partial charge in [0.1, 0.15) is 0 Å². The minimum Gasteiger partial charge on any atom is -0.348 e. The van der Waals surface area contributed by atoms with Gasteiger partial charge < -0.3 is 4.57 Å². The van der Waals surface area contributed by atoms with E-state index < -0.39 is 0 Å². The van der Waals surface area contributed by atoms with E-state index in [4.69, 9.17) is 23.2 Å². The molecule has 0 radical (unpaired) electrons. The summed E-state index contributed by atoms with van der Waals surface area (Å²) in [4.78, 5) is 3.95. The first-order chi connectivity index (χ1) is 5.70. The van der Waals surface area contributed by atoms with Gasteiger partial charge in [0.25, 0.3) is 0 Å². The Morgan fingerprint density at radius 1 is 1.42 bits per heavy atom. The summed E-state index contributed by atoms with van der Waals surface area (Å²) < 4.78 is 1.90. The van der Waals surface area contributed by atoms with Crippen LogP contribution >= 0.6 is 23.2 Å². The van der Waals surface area contributed by atoms with E-state index in [1.807, 2.05) is 23.9 Å². The first-order valence-corrected chi connectivity index (χ1v) is 4.21. The molecule has 0 saturated heterocycles. The average molecular weight is 201 g/mol. The molecule has 0 aliphatic heterocycles. The molecule has 12 heavy (non-hydrogen) atoms. The summed E-state index contributed by atoms with van der Waals surface area (Å²) in [5, 5.41) is 2.07. The molecular weight excluding hydrogens is 195 g/mol. The first-order valence-electron chi connectivity index (χ1n) is 3.45. The van der Waals surface area contributed by atoms with Gasteiger partial charge in [0, 0.05) is 24.8 Å². The van der Waals surface area contributed by atoms with Crippen LogP contribution in [0.3, 0.4) is 0 Å². The van der Waals surface area contributed by atoms with Crippen molar-refractivity contribution in [2.24, 2.45) is 7.05 Å². The van der Waals surface area contributed by atoms with Gasteiger partial charge in [0.15, 0.2) is 5.15 Å². The molecule has 0 amide bonds. The minimum absolute atomic E-state index is 0.488. The van der Waals surface area contributed by atoms with Crippen LogP contribution in [0.1, 0.15) is 0 Å². The summed E-state index contributed by atoms with van der Waals surface area (Å²) in [6.07, 6.45) is 3.47. The third-order valence-corrected chi connectivity index (χ3v) is 2.39. The molecule has 2 aromatic heterocycles. The molecule has 0 aliphatic carbocycles. The molecule has 0 fully saturated rings. The monoisotopic (exact) mass is 200 g/mol. The Bertz CT molecular complexity index is 434. The lowest BCUT2D eigenvalue weighted by molar-refractivity contribution is 0.965. The summed E-state index contributed by atoms with van der Waals surface area (Å²) in [6.45, 7) is 0. The van der Waals surface area contributed by atoms with Crippen LogP contribution in [-0.4, -0.2) is 9.55 Å². The lowest BCUT2D eigenvalue weighted by Gasteiger charge is -1.98. The average Bonchev–Trinajstić information content (AvgIpc) is 2.42. The zero-order chi connectivity index (χ0) is 8.72. The van der Waals surface area contributed by atoms with E-state index in [1.54, 1.807) is 6.20 Å². The predicted octanol–water partition coefficient (Wildman–Crippen LogP) is 2.88.